The third-order valence-corrected chi connectivity index (χ3v) is 3.14. The van der Waals surface area contributed by atoms with Gasteiger partial charge in [-0.05, 0) is 44.0 Å². The quantitative estimate of drug-likeness (QED) is 0.907. The second-order valence-electron chi connectivity index (χ2n) is 3.20. The van der Waals surface area contributed by atoms with Crippen LogP contribution in [0.1, 0.15) is 0 Å². The number of hydrogen-bond donors (Lipinski definition) is 1. The van der Waals surface area contributed by atoms with E-state index < -0.39 is 0 Å². The molecule has 0 aliphatic rings. The van der Waals surface area contributed by atoms with E-state index in [9.17, 15) is 0 Å². The topological polar surface area (TPSA) is 47.0 Å². The number of nitrogens with zero attached hydrogens (tertiary/aromatic N) is 2. The normalized spacial score (nSPS) is 10.1. The Morgan fingerprint density at radius 1 is 1.18 bits per heavy atom. The van der Waals surface area contributed by atoms with Gasteiger partial charge < -0.3 is 10.1 Å². The Morgan fingerprint density at radius 3 is 2.53 bits per heavy atom. The van der Waals surface area contributed by atoms with Crippen LogP contribution in [0.4, 0.5) is 11.6 Å². The fraction of sp³-hybridized carbons (Fsp3) is 0.0909. The molecule has 0 saturated heterocycles. The maximum Gasteiger partial charge on any atom is 0.227 e. The van der Waals surface area contributed by atoms with E-state index in [1.807, 2.05) is 18.2 Å². The first-order valence-corrected chi connectivity index (χ1v) is 6.36. The molecule has 0 saturated carbocycles. The lowest BCUT2D eigenvalue weighted by Gasteiger charge is -2.08. The Labute approximate surface area is 116 Å². The minimum absolute atomic E-state index is 0.530. The van der Waals surface area contributed by atoms with Crippen molar-refractivity contribution < 1.29 is 4.74 Å². The molecule has 0 spiro atoms. The standard InChI is InChI=1S/C11H9Br2N3O/c1-17-8-2-3-9(13)10(4-8)16-11-14-5-7(12)6-15-11/h2-6H,1H3,(H,14,15,16). The van der Waals surface area contributed by atoms with Gasteiger partial charge in [-0.2, -0.15) is 0 Å². The van der Waals surface area contributed by atoms with Crippen LogP contribution >= 0.6 is 31.9 Å². The highest BCUT2D eigenvalue weighted by Crippen LogP contribution is 2.28. The summed E-state index contributed by atoms with van der Waals surface area (Å²) in [7, 11) is 1.63. The summed E-state index contributed by atoms with van der Waals surface area (Å²) >= 11 is 6.73. The zero-order valence-corrected chi connectivity index (χ0v) is 12.1. The van der Waals surface area contributed by atoms with Gasteiger partial charge in [0.05, 0.1) is 17.3 Å². The summed E-state index contributed by atoms with van der Waals surface area (Å²) in [6.45, 7) is 0. The van der Waals surface area contributed by atoms with Crippen molar-refractivity contribution in [3.8, 4) is 5.75 Å². The molecule has 0 fully saturated rings. The lowest BCUT2D eigenvalue weighted by molar-refractivity contribution is 0.415. The van der Waals surface area contributed by atoms with Crippen LogP contribution < -0.4 is 10.1 Å². The van der Waals surface area contributed by atoms with E-state index in [-0.39, 0.29) is 0 Å². The fourth-order valence-electron chi connectivity index (χ4n) is 1.22. The van der Waals surface area contributed by atoms with Gasteiger partial charge in [0.2, 0.25) is 5.95 Å². The van der Waals surface area contributed by atoms with Crippen molar-refractivity contribution in [1.29, 1.82) is 0 Å². The number of rotatable bonds is 3. The molecule has 6 heteroatoms. The third-order valence-electron chi connectivity index (χ3n) is 2.04. The molecule has 2 rings (SSSR count). The van der Waals surface area contributed by atoms with Crippen LogP contribution in [0.15, 0.2) is 39.5 Å². The van der Waals surface area contributed by atoms with Gasteiger partial charge in [0.1, 0.15) is 5.75 Å². The van der Waals surface area contributed by atoms with Gasteiger partial charge in [-0.25, -0.2) is 9.97 Å². The summed E-state index contributed by atoms with van der Waals surface area (Å²) in [5, 5.41) is 3.10. The predicted octanol–water partition coefficient (Wildman–Crippen LogP) is 3.75. The summed E-state index contributed by atoms with van der Waals surface area (Å²) in [5.41, 5.74) is 0.853. The Morgan fingerprint density at radius 2 is 1.88 bits per heavy atom. The van der Waals surface area contributed by atoms with Crippen LogP contribution in [0.2, 0.25) is 0 Å². The van der Waals surface area contributed by atoms with Crippen molar-refractivity contribution in [2.75, 3.05) is 12.4 Å². The average Bonchev–Trinajstić information content (AvgIpc) is 2.35. The first kappa shape index (κ1) is 12.3. The molecule has 0 radical (unpaired) electrons. The van der Waals surface area contributed by atoms with Gasteiger partial charge in [0, 0.05) is 22.9 Å². The molecule has 0 amide bonds. The first-order chi connectivity index (χ1) is 8.19. The number of ether oxygens (including phenoxy) is 1. The molecule has 1 N–H and O–H groups in total. The van der Waals surface area contributed by atoms with Crippen LogP contribution in [0.3, 0.4) is 0 Å². The Bertz CT molecular complexity index is 517. The number of anilines is 2. The minimum Gasteiger partial charge on any atom is -0.497 e. The van der Waals surface area contributed by atoms with Crippen molar-refractivity contribution in [3.05, 3.63) is 39.5 Å². The molecule has 0 bridgehead atoms. The number of benzene rings is 1. The van der Waals surface area contributed by atoms with Crippen molar-refractivity contribution in [3.63, 3.8) is 0 Å². The molecule has 0 aliphatic heterocycles. The van der Waals surface area contributed by atoms with E-state index in [0.717, 1.165) is 20.4 Å². The number of halogens is 2. The number of nitrogens with one attached hydrogen (secondary N) is 1. The van der Waals surface area contributed by atoms with Crippen LogP contribution in [0, 0.1) is 0 Å². The monoisotopic (exact) mass is 357 g/mol. The van der Waals surface area contributed by atoms with Crippen molar-refractivity contribution in [2.45, 2.75) is 0 Å². The molecule has 2 aromatic rings. The van der Waals surface area contributed by atoms with E-state index in [1.165, 1.54) is 0 Å². The number of methoxy groups -OCH3 is 1. The van der Waals surface area contributed by atoms with Gasteiger partial charge >= 0.3 is 0 Å². The molecule has 0 atom stereocenters. The van der Waals surface area contributed by atoms with Crippen LogP contribution in [0.5, 0.6) is 5.75 Å². The van der Waals surface area contributed by atoms with Gasteiger partial charge in [0.25, 0.3) is 0 Å². The molecule has 17 heavy (non-hydrogen) atoms. The summed E-state index contributed by atoms with van der Waals surface area (Å²) in [5.74, 6) is 1.30. The SMILES string of the molecule is COc1ccc(Br)c(Nc2ncc(Br)cn2)c1. The summed E-state index contributed by atoms with van der Waals surface area (Å²) in [6.07, 6.45) is 3.37. The molecule has 1 aromatic carbocycles. The zero-order valence-electron chi connectivity index (χ0n) is 8.95. The van der Waals surface area contributed by atoms with E-state index >= 15 is 0 Å². The average molecular weight is 359 g/mol. The maximum absolute atomic E-state index is 5.16. The predicted molar refractivity (Wildman–Crippen MR) is 73.7 cm³/mol. The largest absolute Gasteiger partial charge is 0.497 e. The van der Waals surface area contributed by atoms with E-state index in [0.29, 0.717) is 5.95 Å². The second kappa shape index (κ2) is 5.46. The third kappa shape index (κ3) is 3.17. The smallest absolute Gasteiger partial charge is 0.227 e. The van der Waals surface area contributed by atoms with Crippen molar-refractivity contribution in [2.24, 2.45) is 0 Å². The highest BCUT2D eigenvalue weighted by atomic mass is 79.9. The minimum atomic E-state index is 0.530. The molecule has 0 unspecified atom stereocenters. The van der Waals surface area contributed by atoms with Gasteiger partial charge in [-0.15, -0.1) is 0 Å². The Hall–Kier alpha value is -1.14. The molecule has 4 nitrogen and oxygen atoms in total. The highest BCUT2D eigenvalue weighted by molar-refractivity contribution is 9.10. The number of hydrogen-bond acceptors (Lipinski definition) is 4. The molecule has 0 aliphatic carbocycles. The first-order valence-electron chi connectivity index (χ1n) is 4.77. The second-order valence-corrected chi connectivity index (χ2v) is 4.97. The molecular formula is C11H9Br2N3O. The fourth-order valence-corrected chi connectivity index (χ4v) is 1.77. The van der Waals surface area contributed by atoms with Crippen LogP contribution in [-0.2, 0) is 0 Å². The van der Waals surface area contributed by atoms with Gasteiger partial charge in [0.15, 0.2) is 0 Å². The van der Waals surface area contributed by atoms with Crippen molar-refractivity contribution in [1.82, 2.24) is 9.97 Å². The summed E-state index contributed by atoms with van der Waals surface area (Å²) < 4.78 is 6.92. The highest BCUT2D eigenvalue weighted by Gasteiger charge is 2.04. The van der Waals surface area contributed by atoms with Gasteiger partial charge in [-0.1, -0.05) is 0 Å². The van der Waals surface area contributed by atoms with Crippen LogP contribution in [-0.4, -0.2) is 17.1 Å². The molecular weight excluding hydrogens is 350 g/mol. The lowest BCUT2D eigenvalue weighted by Crippen LogP contribution is -1.97. The molecule has 88 valence electrons. The maximum atomic E-state index is 5.16. The van der Waals surface area contributed by atoms with E-state index in [1.54, 1.807) is 19.5 Å². The summed E-state index contributed by atoms with van der Waals surface area (Å²) in [4.78, 5) is 8.28. The molecule has 1 heterocycles. The van der Waals surface area contributed by atoms with E-state index in [2.05, 4.69) is 47.1 Å². The van der Waals surface area contributed by atoms with Gasteiger partial charge in [-0.3, -0.25) is 0 Å². The Kier molecular flexibility index (Phi) is 3.96. The van der Waals surface area contributed by atoms with Crippen LogP contribution in [0.25, 0.3) is 0 Å². The van der Waals surface area contributed by atoms with E-state index in [4.69, 9.17) is 4.74 Å². The summed E-state index contributed by atoms with van der Waals surface area (Å²) in [6, 6.07) is 5.65. The molecule has 1 aromatic heterocycles. The number of aromatic nitrogens is 2. The lowest BCUT2D eigenvalue weighted by atomic mass is 10.3. The zero-order chi connectivity index (χ0) is 12.3. The van der Waals surface area contributed by atoms with Crippen molar-refractivity contribution >= 4 is 43.5 Å². The Balaban J connectivity index is 2.25.